The van der Waals surface area contributed by atoms with Gasteiger partial charge in [0, 0.05) is 51.7 Å². The van der Waals surface area contributed by atoms with Gasteiger partial charge in [-0.3, -0.25) is 19.1 Å². The van der Waals surface area contributed by atoms with Crippen LogP contribution >= 0.6 is 0 Å². The maximum atomic E-state index is 12.4. The number of imidazole rings is 1. The van der Waals surface area contributed by atoms with E-state index in [0.717, 1.165) is 57.4 Å². The van der Waals surface area contributed by atoms with Gasteiger partial charge in [0.15, 0.2) is 5.65 Å². The number of carbonyl (C=O) groups excluding carboxylic acids is 1. The number of hydrogen-bond donors (Lipinski definition) is 1. The number of nitrogens with zero attached hydrogens (tertiary/aromatic N) is 5. The maximum Gasteiger partial charge on any atom is 0.242 e. The fourth-order valence-electron chi connectivity index (χ4n) is 2.81. The molecule has 1 N–H and O–H groups in total. The standard InChI is InChI=1S/C16H24N6O2/c1-2-24-10-9-20-5-7-21(8-6-20)16(23)13-19-15-12-18-14-11-17-3-4-22(14)15/h3-4,11-12,19H,2,5-10,13H2,1H3. The van der Waals surface area contributed by atoms with Crippen LogP contribution in [0.1, 0.15) is 6.92 Å². The van der Waals surface area contributed by atoms with Crippen LogP contribution < -0.4 is 5.32 Å². The summed E-state index contributed by atoms with van der Waals surface area (Å²) in [5, 5.41) is 3.17. The number of nitrogens with one attached hydrogen (secondary N) is 1. The minimum atomic E-state index is 0.114. The number of aromatic nitrogens is 3. The molecule has 3 rings (SSSR count). The van der Waals surface area contributed by atoms with Crippen molar-refractivity contribution in [1.82, 2.24) is 24.2 Å². The highest BCUT2D eigenvalue weighted by Gasteiger charge is 2.20. The van der Waals surface area contributed by atoms with E-state index < -0.39 is 0 Å². The highest BCUT2D eigenvalue weighted by atomic mass is 16.5. The predicted molar refractivity (Wildman–Crippen MR) is 91.0 cm³/mol. The zero-order chi connectivity index (χ0) is 16.8. The van der Waals surface area contributed by atoms with Gasteiger partial charge in [-0.25, -0.2) is 4.98 Å². The van der Waals surface area contributed by atoms with Gasteiger partial charge in [-0.1, -0.05) is 0 Å². The van der Waals surface area contributed by atoms with Crippen molar-refractivity contribution in [2.75, 3.05) is 57.8 Å². The van der Waals surface area contributed by atoms with Crippen molar-refractivity contribution in [3.63, 3.8) is 0 Å². The van der Waals surface area contributed by atoms with E-state index in [9.17, 15) is 4.79 Å². The van der Waals surface area contributed by atoms with Crippen molar-refractivity contribution in [3.05, 3.63) is 24.8 Å². The first kappa shape index (κ1) is 16.7. The number of ether oxygens (including phenoxy) is 1. The van der Waals surface area contributed by atoms with Gasteiger partial charge in [-0.15, -0.1) is 0 Å². The van der Waals surface area contributed by atoms with Crippen molar-refractivity contribution in [1.29, 1.82) is 0 Å². The molecule has 1 aliphatic heterocycles. The van der Waals surface area contributed by atoms with Gasteiger partial charge in [-0.05, 0) is 6.92 Å². The van der Waals surface area contributed by atoms with Crippen LogP contribution in [0.25, 0.3) is 5.65 Å². The Morgan fingerprint density at radius 3 is 2.92 bits per heavy atom. The van der Waals surface area contributed by atoms with E-state index in [4.69, 9.17) is 4.74 Å². The minimum absolute atomic E-state index is 0.114. The molecule has 24 heavy (non-hydrogen) atoms. The van der Waals surface area contributed by atoms with E-state index in [1.54, 1.807) is 18.6 Å². The Bertz CT molecular complexity index is 665. The summed E-state index contributed by atoms with van der Waals surface area (Å²) in [6.07, 6.45) is 6.93. The molecule has 2 aromatic heterocycles. The first-order chi connectivity index (χ1) is 11.8. The van der Waals surface area contributed by atoms with Gasteiger partial charge in [0.1, 0.15) is 5.82 Å². The van der Waals surface area contributed by atoms with E-state index in [1.807, 2.05) is 22.4 Å². The van der Waals surface area contributed by atoms with Gasteiger partial charge < -0.3 is 15.0 Å². The lowest BCUT2D eigenvalue weighted by atomic mass is 10.3. The number of fused-ring (bicyclic) bond motifs is 1. The van der Waals surface area contributed by atoms with Crippen LogP contribution in [0.3, 0.4) is 0 Å². The molecule has 1 fully saturated rings. The number of carbonyl (C=O) groups is 1. The first-order valence-electron chi connectivity index (χ1n) is 8.36. The van der Waals surface area contributed by atoms with Gasteiger partial charge in [0.2, 0.25) is 5.91 Å². The highest BCUT2D eigenvalue weighted by molar-refractivity contribution is 5.80. The Labute approximate surface area is 141 Å². The summed E-state index contributed by atoms with van der Waals surface area (Å²) < 4.78 is 7.26. The first-order valence-corrected chi connectivity index (χ1v) is 8.36. The summed E-state index contributed by atoms with van der Waals surface area (Å²) in [6.45, 7) is 8.06. The zero-order valence-electron chi connectivity index (χ0n) is 14.0. The number of amides is 1. The predicted octanol–water partition coefficient (Wildman–Crippen LogP) is 0.322. The van der Waals surface area contributed by atoms with Crippen LogP contribution in [0.5, 0.6) is 0 Å². The lowest BCUT2D eigenvalue weighted by Gasteiger charge is -2.34. The number of piperazine rings is 1. The molecule has 130 valence electrons. The topological polar surface area (TPSA) is 75.0 Å². The molecule has 0 radical (unpaired) electrons. The number of anilines is 1. The molecule has 0 unspecified atom stereocenters. The van der Waals surface area contributed by atoms with Crippen molar-refractivity contribution in [2.24, 2.45) is 0 Å². The molecule has 1 saturated heterocycles. The van der Waals surface area contributed by atoms with Crippen molar-refractivity contribution >= 4 is 17.4 Å². The molecule has 0 spiro atoms. The van der Waals surface area contributed by atoms with Crippen LogP contribution in [0, 0.1) is 0 Å². The summed E-state index contributed by atoms with van der Waals surface area (Å²) >= 11 is 0. The van der Waals surface area contributed by atoms with Gasteiger partial charge >= 0.3 is 0 Å². The Balaban J connectivity index is 1.44. The lowest BCUT2D eigenvalue weighted by Crippen LogP contribution is -2.50. The molecule has 3 heterocycles. The number of rotatable bonds is 7. The maximum absolute atomic E-state index is 12.4. The van der Waals surface area contributed by atoms with E-state index in [1.165, 1.54) is 0 Å². The second-order valence-electron chi connectivity index (χ2n) is 5.72. The molecule has 0 saturated carbocycles. The Morgan fingerprint density at radius 1 is 1.29 bits per heavy atom. The second kappa shape index (κ2) is 8.07. The SMILES string of the molecule is CCOCCN1CCN(C(=O)CNc2cnc3cnccn23)CC1. The fraction of sp³-hybridized carbons (Fsp3) is 0.562. The number of hydrogen-bond acceptors (Lipinski definition) is 6. The van der Waals surface area contributed by atoms with E-state index in [2.05, 4.69) is 20.2 Å². The van der Waals surface area contributed by atoms with E-state index in [-0.39, 0.29) is 12.5 Å². The van der Waals surface area contributed by atoms with Crippen LogP contribution in [-0.2, 0) is 9.53 Å². The Morgan fingerprint density at radius 2 is 2.12 bits per heavy atom. The Kier molecular flexibility index (Phi) is 5.60. The van der Waals surface area contributed by atoms with Gasteiger partial charge in [0.05, 0.1) is 25.5 Å². The van der Waals surface area contributed by atoms with Gasteiger partial charge in [0.25, 0.3) is 0 Å². The van der Waals surface area contributed by atoms with Crippen molar-refractivity contribution in [2.45, 2.75) is 6.92 Å². The normalized spacial score (nSPS) is 15.8. The Hall–Kier alpha value is -2.19. The summed E-state index contributed by atoms with van der Waals surface area (Å²) in [6, 6.07) is 0. The van der Waals surface area contributed by atoms with Crippen LogP contribution in [-0.4, -0.2) is 82.6 Å². The van der Waals surface area contributed by atoms with Crippen molar-refractivity contribution in [3.8, 4) is 0 Å². The summed E-state index contributed by atoms with van der Waals surface area (Å²) in [7, 11) is 0. The van der Waals surface area contributed by atoms with Crippen LogP contribution in [0.4, 0.5) is 5.82 Å². The third-order valence-corrected chi connectivity index (χ3v) is 4.22. The fourth-order valence-corrected chi connectivity index (χ4v) is 2.81. The monoisotopic (exact) mass is 332 g/mol. The molecule has 0 aliphatic carbocycles. The molecular formula is C16H24N6O2. The molecular weight excluding hydrogens is 308 g/mol. The molecule has 0 atom stereocenters. The zero-order valence-corrected chi connectivity index (χ0v) is 14.0. The molecule has 0 bridgehead atoms. The minimum Gasteiger partial charge on any atom is -0.380 e. The van der Waals surface area contributed by atoms with E-state index in [0.29, 0.717) is 0 Å². The average molecular weight is 332 g/mol. The van der Waals surface area contributed by atoms with Crippen molar-refractivity contribution < 1.29 is 9.53 Å². The van der Waals surface area contributed by atoms with Gasteiger partial charge in [-0.2, -0.15) is 0 Å². The third-order valence-electron chi connectivity index (χ3n) is 4.22. The summed E-state index contributed by atoms with van der Waals surface area (Å²) in [5.41, 5.74) is 0.760. The summed E-state index contributed by atoms with van der Waals surface area (Å²) in [4.78, 5) is 24.9. The summed E-state index contributed by atoms with van der Waals surface area (Å²) in [5.74, 6) is 0.916. The van der Waals surface area contributed by atoms with Crippen LogP contribution in [0.15, 0.2) is 24.8 Å². The van der Waals surface area contributed by atoms with E-state index >= 15 is 0 Å². The molecule has 8 nitrogen and oxygen atoms in total. The second-order valence-corrected chi connectivity index (χ2v) is 5.72. The van der Waals surface area contributed by atoms with Crippen LogP contribution in [0.2, 0.25) is 0 Å². The third kappa shape index (κ3) is 4.01. The largest absolute Gasteiger partial charge is 0.380 e. The quantitative estimate of drug-likeness (QED) is 0.736. The average Bonchev–Trinajstić information content (AvgIpc) is 3.04. The molecule has 2 aromatic rings. The molecule has 1 amide bonds. The highest BCUT2D eigenvalue weighted by Crippen LogP contribution is 2.10. The molecule has 1 aliphatic rings. The molecule has 0 aromatic carbocycles. The molecule has 8 heteroatoms. The lowest BCUT2D eigenvalue weighted by molar-refractivity contribution is -0.131. The smallest absolute Gasteiger partial charge is 0.242 e.